The Balaban J connectivity index is 1.31. The molecule has 0 radical (unpaired) electrons. The number of fused-ring (bicyclic) bond motifs is 1. The zero-order valence-corrected chi connectivity index (χ0v) is 19.2. The third-order valence-electron chi connectivity index (χ3n) is 6.43. The molecule has 1 saturated carbocycles. The Morgan fingerprint density at radius 3 is 2.44 bits per heavy atom. The normalized spacial score (nSPS) is 22.8. The Bertz CT molecular complexity index is 1000. The van der Waals surface area contributed by atoms with Gasteiger partial charge in [-0.15, -0.1) is 0 Å². The molecule has 0 atom stereocenters. The number of hydrogen-bond donors (Lipinski definition) is 3. The second-order valence-electron chi connectivity index (χ2n) is 10.6. The summed E-state index contributed by atoms with van der Waals surface area (Å²) in [6, 6.07) is 5.78. The van der Waals surface area contributed by atoms with Crippen molar-refractivity contribution in [1.82, 2.24) is 15.3 Å². The van der Waals surface area contributed by atoms with E-state index in [0.29, 0.717) is 5.95 Å². The molecule has 172 valence electrons. The fraction of sp³-hybridized carbons (Fsp3) is 0.583. The Hall–Kier alpha value is -2.61. The first kappa shape index (κ1) is 21.2. The molecule has 0 amide bonds. The van der Waals surface area contributed by atoms with Gasteiger partial charge in [0, 0.05) is 41.7 Å². The van der Waals surface area contributed by atoms with Crippen molar-refractivity contribution in [1.29, 1.82) is 0 Å². The lowest BCUT2D eigenvalue weighted by Crippen LogP contribution is -2.60. The summed E-state index contributed by atoms with van der Waals surface area (Å²) in [6.45, 7) is 8.67. The highest BCUT2D eigenvalue weighted by Crippen LogP contribution is 2.47. The van der Waals surface area contributed by atoms with E-state index in [1.807, 2.05) is 18.2 Å². The molecule has 0 bridgehead atoms. The van der Waals surface area contributed by atoms with Gasteiger partial charge in [-0.25, -0.2) is 9.37 Å². The van der Waals surface area contributed by atoms with Gasteiger partial charge in [0.1, 0.15) is 0 Å². The van der Waals surface area contributed by atoms with Crippen molar-refractivity contribution < 1.29 is 13.9 Å². The second-order valence-corrected chi connectivity index (χ2v) is 10.6. The minimum absolute atomic E-state index is 0.0484. The first-order valence-corrected chi connectivity index (χ1v) is 11.5. The highest BCUT2D eigenvalue weighted by molar-refractivity contribution is 5.61. The van der Waals surface area contributed by atoms with Crippen LogP contribution in [0.4, 0.5) is 21.8 Å². The molecule has 1 aromatic heterocycles. The molecule has 8 heteroatoms. The lowest BCUT2D eigenvalue weighted by molar-refractivity contribution is -0.0716. The van der Waals surface area contributed by atoms with Crippen LogP contribution in [0.2, 0.25) is 0 Å². The van der Waals surface area contributed by atoms with E-state index < -0.39 is 11.6 Å². The summed E-state index contributed by atoms with van der Waals surface area (Å²) in [5, 5.41) is 10.1. The summed E-state index contributed by atoms with van der Waals surface area (Å²) < 4.78 is 26.7. The topological polar surface area (TPSA) is 80.3 Å². The third kappa shape index (κ3) is 4.33. The van der Waals surface area contributed by atoms with Gasteiger partial charge in [-0.05, 0) is 65.5 Å². The van der Waals surface area contributed by atoms with Crippen molar-refractivity contribution in [2.75, 3.05) is 10.6 Å². The second kappa shape index (κ2) is 7.47. The predicted molar refractivity (Wildman–Crippen MR) is 122 cm³/mol. The van der Waals surface area contributed by atoms with E-state index in [0.717, 1.165) is 55.7 Å². The van der Waals surface area contributed by atoms with Gasteiger partial charge in [0.2, 0.25) is 5.95 Å². The molecular formula is C24H32FN5O2. The number of hydrogen-bond acceptors (Lipinski definition) is 7. The number of piperidine rings is 1. The smallest absolute Gasteiger partial charge is 0.251 e. The molecule has 7 nitrogen and oxygen atoms in total. The summed E-state index contributed by atoms with van der Waals surface area (Å²) in [5.41, 5.74) is 0.671. The summed E-state index contributed by atoms with van der Waals surface area (Å²) in [7, 11) is 0. The van der Waals surface area contributed by atoms with Gasteiger partial charge in [0.25, 0.3) is 5.79 Å². The van der Waals surface area contributed by atoms with Crippen molar-refractivity contribution in [3.8, 4) is 11.5 Å². The maximum absolute atomic E-state index is 14.5. The van der Waals surface area contributed by atoms with Crippen LogP contribution < -0.4 is 25.4 Å². The van der Waals surface area contributed by atoms with Crippen LogP contribution in [0.3, 0.4) is 0 Å². The van der Waals surface area contributed by atoms with E-state index in [4.69, 9.17) is 9.47 Å². The van der Waals surface area contributed by atoms with Crippen LogP contribution in [-0.4, -0.2) is 32.9 Å². The summed E-state index contributed by atoms with van der Waals surface area (Å²) >= 11 is 0. The number of ether oxygens (including phenoxy) is 2. The summed E-state index contributed by atoms with van der Waals surface area (Å²) in [5.74, 6) is 1.06. The van der Waals surface area contributed by atoms with Crippen LogP contribution in [0.15, 0.2) is 24.4 Å². The number of anilines is 3. The molecule has 0 unspecified atom stereocenters. The average molecular weight is 442 g/mol. The zero-order valence-electron chi connectivity index (χ0n) is 19.2. The van der Waals surface area contributed by atoms with Crippen molar-refractivity contribution in [2.45, 2.75) is 89.1 Å². The molecule has 1 saturated heterocycles. The monoisotopic (exact) mass is 441 g/mol. The highest BCUT2D eigenvalue weighted by atomic mass is 19.1. The Morgan fingerprint density at radius 2 is 1.72 bits per heavy atom. The first-order chi connectivity index (χ1) is 15.1. The fourth-order valence-electron chi connectivity index (χ4n) is 5.56. The molecule has 1 aromatic carbocycles. The minimum Gasteiger partial charge on any atom is -0.448 e. The number of halogens is 1. The van der Waals surface area contributed by atoms with Crippen LogP contribution in [0.25, 0.3) is 0 Å². The van der Waals surface area contributed by atoms with E-state index in [1.54, 1.807) is 0 Å². The summed E-state index contributed by atoms with van der Waals surface area (Å²) in [4.78, 5) is 8.55. The lowest BCUT2D eigenvalue weighted by Gasteiger charge is -2.46. The first-order valence-electron chi connectivity index (χ1n) is 11.5. The number of nitrogens with zero attached hydrogens (tertiary/aromatic N) is 2. The summed E-state index contributed by atoms with van der Waals surface area (Å²) in [6.07, 6.45) is 6.98. The average Bonchev–Trinajstić information content (AvgIpc) is 3.27. The van der Waals surface area contributed by atoms with Crippen LogP contribution in [0, 0.1) is 5.82 Å². The molecule has 3 heterocycles. The zero-order chi connectivity index (χ0) is 22.6. The van der Waals surface area contributed by atoms with E-state index in [-0.39, 0.29) is 22.9 Å². The van der Waals surface area contributed by atoms with E-state index in [1.165, 1.54) is 6.20 Å². The SMILES string of the molecule is CC1(C)CC(Nc2nc(Nc3ccc4c(c3)OC3(CCCC3)O4)ncc2F)CC(C)(C)N1. The molecular weight excluding hydrogens is 409 g/mol. The van der Waals surface area contributed by atoms with Crippen LogP contribution in [0.1, 0.15) is 66.2 Å². The van der Waals surface area contributed by atoms with Gasteiger partial charge in [-0.3, -0.25) is 0 Å². The Morgan fingerprint density at radius 1 is 1.03 bits per heavy atom. The van der Waals surface area contributed by atoms with Gasteiger partial charge in [0.05, 0.1) is 6.20 Å². The van der Waals surface area contributed by atoms with Crippen LogP contribution >= 0.6 is 0 Å². The van der Waals surface area contributed by atoms with E-state index >= 15 is 0 Å². The number of benzene rings is 1. The van der Waals surface area contributed by atoms with E-state index in [9.17, 15) is 4.39 Å². The Labute approximate surface area is 188 Å². The van der Waals surface area contributed by atoms with Crippen LogP contribution in [-0.2, 0) is 0 Å². The minimum atomic E-state index is -0.499. The largest absolute Gasteiger partial charge is 0.448 e. The third-order valence-corrected chi connectivity index (χ3v) is 6.43. The van der Waals surface area contributed by atoms with E-state index in [2.05, 4.69) is 53.6 Å². The van der Waals surface area contributed by atoms with Gasteiger partial charge in [0.15, 0.2) is 23.1 Å². The van der Waals surface area contributed by atoms with Gasteiger partial charge < -0.3 is 25.4 Å². The quantitative estimate of drug-likeness (QED) is 0.607. The maximum atomic E-state index is 14.5. The molecule has 5 rings (SSSR count). The van der Waals surface area contributed by atoms with Gasteiger partial charge in [-0.2, -0.15) is 4.98 Å². The van der Waals surface area contributed by atoms with Crippen molar-refractivity contribution in [2.24, 2.45) is 0 Å². The molecule has 1 spiro atoms. The van der Waals surface area contributed by atoms with Gasteiger partial charge >= 0.3 is 0 Å². The highest BCUT2D eigenvalue weighted by Gasteiger charge is 2.44. The molecule has 1 aliphatic carbocycles. The molecule has 2 fully saturated rings. The number of rotatable bonds is 4. The number of nitrogens with one attached hydrogen (secondary N) is 3. The fourth-order valence-corrected chi connectivity index (χ4v) is 5.56. The molecule has 2 aliphatic heterocycles. The van der Waals surface area contributed by atoms with Crippen LogP contribution in [0.5, 0.6) is 11.5 Å². The number of aromatic nitrogens is 2. The maximum Gasteiger partial charge on any atom is 0.251 e. The predicted octanol–water partition coefficient (Wildman–Crippen LogP) is 5.12. The Kier molecular flexibility index (Phi) is 4.96. The van der Waals surface area contributed by atoms with Crippen molar-refractivity contribution >= 4 is 17.5 Å². The van der Waals surface area contributed by atoms with Crippen molar-refractivity contribution in [3.05, 3.63) is 30.2 Å². The standard InChI is InChI=1S/C24H32FN5O2/c1-22(2)12-16(13-23(3,4)30-22)27-20-17(25)14-26-21(29-20)28-15-7-8-18-19(11-15)32-24(31-18)9-5-6-10-24/h7-8,11,14,16,30H,5-6,9-10,12-13H2,1-4H3,(H2,26,27,28,29). The molecule has 3 aliphatic rings. The lowest BCUT2D eigenvalue weighted by atomic mass is 9.79. The molecule has 3 N–H and O–H groups in total. The molecule has 32 heavy (non-hydrogen) atoms. The molecule has 2 aromatic rings. The van der Waals surface area contributed by atoms with Crippen molar-refractivity contribution in [3.63, 3.8) is 0 Å². The van der Waals surface area contributed by atoms with Gasteiger partial charge in [-0.1, -0.05) is 0 Å².